The Kier molecular flexibility index (Phi) is 2.79. The summed E-state index contributed by atoms with van der Waals surface area (Å²) in [5.74, 6) is 2.62. The van der Waals surface area contributed by atoms with Gasteiger partial charge in [0.25, 0.3) is 5.91 Å². The van der Waals surface area contributed by atoms with Crippen LogP contribution in [0.1, 0.15) is 33.6 Å². The van der Waals surface area contributed by atoms with E-state index in [4.69, 9.17) is 4.42 Å². The Bertz CT molecular complexity index is 858. The Morgan fingerprint density at radius 2 is 2.09 bits per heavy atom. The number of amides is 1. The third-order valence-corrected chi connectivity index (χ3v) is 4.15. The van der Waals surface area contributed by atoms with Crippen molar-refractivity contribution in [1.29, 1.82) is 0 Å². The van der Waals surface area contributed by atoms with Gasteiger partial charge in [-0.25, -0.2) is 0 Å². The summed E-state index contributed by atoms with van der Waals surface area (Å²) < 4.78 is 7.42. The number of carbonyl (C=O) groups is 1. The van der Waals surface area contributed by atoms with Crippen LogP contribution in [0.2, 0.25) is 0 Å². The Balaban J connectivity index is 1.52. The second-order valence-electron chi connectivity index (χ2n) is 5.72. The van der Waals surface area contributed by atoms with Gasteiger partial charge in [0.2, 0.25) is 0 Å². The molecule has 6 heteroatoms. The SMILES string of the molecule is Cc1cc(C(=O)N2CC(c3nnc4ccccn34)C2)c(C)o1. The van der Waals surface area contributed by atoms with Crippen LogP contribution in [0, 0.1) is 13.8 Å². The van der Waals surface area contributed by atoms with Gasteiger partial charge in [-0.05, 0) is 32.0 Å². The highest BCUT2D eigenvalue weighted by atomic mass is 16.3. The van der Waals surface area contributed by atoms with Crippen LogP contribution in [0.25, 0.3) is 5.65 Å². The number of hydrogen-bond acceptors (Lipinski definition) is 4. The van der Waals surface area contributed by atoms with Crippen LogP contribution >= 0.6 is 0 Å². The molecule has 0 unspecified atom stereocenters. The summed E-state index contributed by atoms with van der Waals surface area (Å²) in [6, 6.07) is 7.63. The predicted molar refractivity (Wildman–Crippen MR) is 79.8 cm³/mol. The van der Waals surface area contributed by atoms with Gasteiger partial charge < -0.3 is 9.32 Å². The van der Waals surface area contributed by atoms with Crippen molar-refractivity contribution in [1.82, 2.24) is 19.5 Å². The van der Waals surface area contributed by atoms with Gasteiger partial charge in [0.15, 0.2) is 5.65 Å². The van der Waals surface area contributed by atoms with Crippen molar-refractivity contribution in [2.75, 3.05) is 13.1 Å². The summed E-state index contributed by atoms with van der Waals surface area (Å²) >= 11 is 0. The zero-order chi connectivity index (χ0) is 15.3. The van der Waals surface area contributed by atoms with Crippen molar-refractivity contribution < 1.29 is 9.21 Å². The number of aryl methyl sites for hydroxylation is 2. The third-order valence-electron chi connectivity index (χ3n) is 4.15. The lowest BCUT2D eigenvalue weighted by Crippen LogP contribution is -2.49. The van der Waals surface area contributed by atoms with Crippen LogP contribution in [-0.4, -0.2) is 38.5 Å². The second-order valence-corrected chi connectivity index (χ2v) is 5.72. The van der Waals surface area contributed by atoms with Gasteiger partial charge in [0.05, 0.1) is 11.5 Å². The van der Waals surface area contributed by atoms with Crippen LogP contribution in [0.5, 0.6) is 0 Å². The summed E-state index contributed by atoms with van der Waals surface area (Å²) in [4.78, 5) is 14.3. The van der Waals surface area contributed by atoms with Crippen molar-refractivity contribution in [3.8, 4) is 0 Å². The number of likely N-dealkylation sites (tertiary alicyclic amines) is 1. The number of nitrogens with zero attached hydrogens (tertiary/aromatic N) is 4. The van der Waals surface area contributed by atoms with E-state index < -0.39 is 0 Å². The van der Waals surface area contributed by atoms with E-state index in [2.05, 4.69) is 10.2 Å². The molecule has 1 fully saturated rings. The quantitative estimate of drug-likeness (QED) is 0.727. The molecule has 1 aliphatic rings. The van der Waals surface area contributed by atoms with E-state index >= 15 is 0 Å². The molecule has 4 heterocycles. The van der Waals surface area contributed by atoms with E-state index in [1.165, 1.54) is 0 Å². The molecule has 1 amide bonds. The van der Waals surface area contributed by atoms with Gasteiger partial charge in [0.1, 0.15) is 17.3 Å². The number of aromatic nitrogens is 3. The van der Waals surface area contributed by atoms with E-state index in [1.807, 2.05) is 47.5 Å². The summed E-state index contributed by atoms with van der Waals surface area (Å²) in [5.41, 5.74) is 1.49. The minimum absolute atomic E-state index is 0.0272. The fourth-order valence-electron chi connectivity index (χ4n) is 2.96. The molecule has 4 rings (SSSR count). The smallest absolute Gasteiger partial charge is 0.257 e. The van der Waals surface area contributed by atoms with Crippen LogP contribution < -0.4 is 0 Å². The zero-order valence-corrected chi connectivity index (χ0v) is 12.5. The van der Waals surface area contributed by atoms with Crippen LogP contribution in [0.3, 0.4) is 0 Å². The Morgan fingerprint density at radius 1 is 1.27 bits per heavy atom. The van der Waals surface area contributed by atoms with E-state index in [9.17, 15) is 4.79 Å². The standard InChI is InChI=1S/C16H16N4O2/c1-10-7-13(11(2)22-10)16(21)19-8-12(9-19)15-18-17-14-5-3-4-6-20(14)15/h3-7,12H,8-9H2,1-2H3. The van der Waals surface area contributed by atoms with Crippen molar-refractivity contribution in [3.05, 3.63) is 53.4 Å². The maximum Gasteiger partial charge on any atom is 0.257 e. The van der Waals surface area contributed by atoms with Crippen molar-refractivity contribution >= 4 is 11.6 Å². The van der Waals surface area contributed by atoms with Gasteiger partial charge in [-0.15, -0.1) is 10.2 Å². The molecule has 0 spiro atoms. The van der Waals surface area contributed by atoms with Crippen LogP contribution in [0.4, 0.5) is 0 Å². The first-order valence-corrected chi connectivity index (χ1v) is 7.29. The first-order valence-electron chi connectivity index (χ1n) is 7.29. The lowest BCUT2D eigenvalue weighted by molar-refractivity contribution is 0.0592. The fourth-order valence-corrected chi connectivity index (χ4v) is 2.96. The normalized spacial score (nSPS) is 15.3. The van der Waals surface area contributed by atoms with E-state index in [0.717, 1.165) is 17.2 Å². The molecular formula is C16H16N4O2. The van der Waals surface area contributed by atoms with Gasteiger partial charge in [-0.3, -0.25) is 9.20 Å². The van der Waals surface area contributed by atoms with Crippen molar-refractivity contribution in [2.24, 2.45) is 0 Å². The van der Waals surface area contributed by atoms with Gasteiger partial charge >= 0.3 is 0 Å². The van der Waals surface area contributed by atoms with E-state index in [-0.39, 0.29) is 11.8 Å². The summed E-state index contributed by atoms with van der Waals surface area (Å²) in [6.45, 7) is 5.00. The molecule has 0 N–H and O–H groups in total. The first kappa shape index (κ1) is 13.1. The minimum atomic E-state index is 0.0272. The average molecular weight is 296 g/mol. The van der Waals surface area contributed by atoms with Crippen molar-refractivity contribution in [2.45, 2.75) is 19.8 Å². The lowest BCUT2D eigenvalue weighted by atomic mass is 9.98. The predicted octanol–water partition coefficient (Wildman–Crippen LogP) is 2.18. The minimum Gasteiger partial charge on any atom is -0.466 e. The van der Waals surface area contributed by atoms with E-state index in [0.29, 0.717) is 24.4 Å². The number of rotatable bonds is 2. The lowest BCUT2D eigenvalue weighted by Gasteiger charge is -2.38. The Labute approximate surface area is 127 Å². The highest BCUT2D eigenvalue weighted by Crippen LogP contribution is 2.28. The molecule has 1 aliphatic heterocycles. The summed E-state index contributed by atoms with van der Waals surface area (Å²) in [5, 5.41) is 8.42. The Hall–Kier alpha value is -2.63. The molecule has 0 bridgehead atoms. The average Bonchev–Trinajstić information content (AvgIpc) is 3.01. The second kappa shape index (κ2) is 4.69. The molecule has 1 saturated heterocycles. The molecule has 6 nitrogen and oxygen atoms in total. The Morgan fingerprint density at radius 3 is 2.82 bits per heavy atom. The number of furan rings is 1. The van der Waals surface area contributed by atoms with Crippen molar-refractivity contribution in [3.63, 3.8) is 0 Å². The summed E-state index contributed by atoms with van der Waals surface area (Å²) in [7, 11) is 0. The highest BCUT2D eigenvalue weighted by molar-refractivity contribution is 5.95. The molecule has 3 aromatic heterocycles. The summed E-state index contributed by atoms with van der Waals surface area (Å²) in [6.07, 6.45) is 1.96. The van der Waals surface area contributed by atoms with Gasteiger partial charge in [-0.1, -0.05) is 6.07 Å². The molecule has 112 valence electrons. The largest absolute Gasteiger partial charge is 0.466 e. The molecule has 0 radical (unpaired) electrons. The first-order chi connectivity index (χ1) is 10.6. The molecule has 0 saturated carbocycles. The molecule has 0 atom stereocenters. The molecule has 3 aromatic rings. The monoisotopic (exact) mass is 296 g/mol. The van der Waals surface area contributed by atoms with Crippen LogP contribution in [0.15, 0.2) is 34.9 Å². The number of hydrogen-bond donors (Lipinski definition) is 0. The molecular weight excluding hydrogens is 280 g/mol. The molecule has 0 aromatic carbocycles. The van der Waals surface area contributed by atoms with E-state index in [1.54, 1.807) is 6.07 Å². The molecule has 22 heavy (non-hydrogen) atoms. The fraction of sp³-hybridized carbons (Fsp3) is 0.312. The van der Waals surface area contributed by atoms with Gasteiger partial charge in [0, 0.05) is 19.3 Å². The third kappa shape index (κ3) is 1.91. The maximum absolute atomic E-state index is 12.5. The zero-order valence-electron chi connectivity index (χ0n) is 12.5. The molecule has 0 aliphatic carbocycles. The topological polar surface area (TPSA) is 63.6 Å². The van der Waals surface area contributed by atoms with Gasteiger partial charge in [-0.2, -0.15) is 0 Å². The highest BCUT2D eigenvalue weighted by Gasteiger charge is 2.36. The van der Waals surface area contributed by atoms with Crippen LogP contribution in [-0.2, 0) is 0 Å². The maximum atomic E-state index is 12.5. The number of carbonyl (C=O) groups excluding carboxylic acids is 1. The number of pyridine rings is 1. The number of fused-ring (bicyclic) bond motifs is 1.